The van der Waals surface area contributed by atoms with E-state index in [-0.39, 0.29) is 12.1 Å². The zero-order chi connectivity index (χ0) is 20.8. The number of oxazole rings is 1. The number of urea groups is 1. The van der Waals surface area contributed by atoms with Crippen molar-refractivity contribution in [3.8, 4) is 17.2 Å². The first kappa shape index (κ1) is 19.9. The summed E-state index contributed by atoms with van der Waals surface area (Å²) in [7, 11) is 2.88. The second kappa shape index (κ2) is 8.92. The molecule has 0 bridgehead atoms. The predicted octanol–water partition coefficient (Wildman–Crippen LogP) is 3.77. The number of aromatic nitrogens is 1. The quantitative estimate of drug-likeness (QED) is 0.616. The lowest BCUT2D eigenvalue weighted by Crippen LogP contribution is -2.29. The Kier molecular flexibility index (Phi) is 6.13. The van der Waals surface area contributed by atoms with E-state index in [4.69, 9.17) is 13.9 Å². The Bertz CT molecular complexity index is 1010. The maximum Gasteiger partial charge on any atom is 0.339 e. The van der Waals surface area contributed by atoms with Gasteiger partial charge in [-0.15, -0.1) is 0 Å². The van der Waals surface area contributed by atoms with E-state index in [0.717, 1.165) is 11.3 Å². The fraction of sp³-hybridized carbons (Fsp3) is 0.190. The van der Waals surface area contributed by atoms with E-state index >= 15 is 0 Å². The molecule has 3 rings (SSSR count). The number of para-hydroxylation sites is 1. The Morgan fingerprint density at radius 2 is 1.79 bits per heavy atom. The van der Waals surface area contributed by atoms with Crippen molar-refractivity contribution in [3.05, 3.63) is 65.5 Å². The molecule has 0 radical (unpaired) electrons. The molecule has 1 aromatic heterocycles. The van der Waals surface area contributed by atoms with Crippen LogP contribution in [0.3, 0.4) is 0 Å². The first-order valence-electron chi connectivity index (χ1n) is 8.84. The van der Waals surface area contributed by atoms with Gasteiger partial charge in [-0.2, -0.15) is 0 Å². The smallest absolute Gasteiger partial charge is 0.339 e. The third kappa shape index (κ3) is 4.73. The molecule has 0 spiro atoms. The second-order valence-electron chi connectivity index (χ2n) is 6.10. The SMILES string of the molecule is COC(=O)c1ccccc1NC(=O)NCc1nc(-c2ccc(OC)cc2)oc1C. The van der Waals surface area contributed by atoms with Gasteiger partial charge in [-0.3, -0.25) is 0 Å². The van der Waals surface area contributed by atoms with E-state index in [2.05, 4.69) is 15.6 Å². The summed E-state index contributed by atoms with van der Waals surface area (Å²) in [5.74, 6) is 1.27. The van der Waals surface area contributed by atoms with Crippen molar-refractivity contribution in [2.75, 3.05) is 19.5 Å². The number of aryl methyl sites for hydroxylation is 1. The van der Waals surface area contributed by atoms with E-state index in [1.54, 1.807) is 38.3 Å². The molecule has 29 heavy (non-hydrogen) atoms. The zero-order valence-corrected chi connectivity index (χ0v) is 16.3. The Morgan fingerprint density at radius 3 is 2.48 bits per heavy atom. The molecule has 3 aromatic rings. The van der Waals surface area contributed by atoms with Gasteiger partial charge in [-0.05, 0) is 43.3 Å². The normalized spacial score (nSPS) is 10.3. The summed E-state index contributed by atoms with van der Waals surface area (Å²) < 4.78 is 15.6. The van der Waals surface area contributed by atoms with Crippen molar-refractivity contribution in [3.63, 3.8) is 0 Å². The molecule has 8 heteroatoms. The van der Waals surface area contributed by atoms with Crippen LogP contribution in [0.25, 0.3) is 11.5 Å². The van der Waals surface area contributed by atoms with Crippen LogP contribution < -0.4 is 15.4 Å². The van der Waals surface area contributed by atoms with Crippen LogP contribution in [0.5, 0.6) is 5.75 Å². The van der Waals surface area contributed by atoms with Gasteiger partial charge in [-0.1, -0.05) is 12.1 Å². The van der Waals surface area contributed by atoms with Gasteiger partial charge in [0.05, 0.1) is 32.0 Å². The molecule has 2 amide bonds. The highest BCUT2D eigenvalue weighted by molar-refractivity contribution is 6.00. The first-order chi connectivity index (χ1) is 14.0. The van der Waals surface area contributed by atoms with Crippen LogP contribution in [0.15, 0.2) is 52.9 Å². The number of hydrogen-bond acceptors (Lipinski definition) is 6. The summed E-state index contributed by atoms with van der Waals surface area (Å²) in [4.78, 5) is 28.5. The lowest BCUT2D eigenvalue weighted by Gasteiger charge is -2.10. The average Bonchev–Trinajstić information content (AvgIpc) is 3.12. The van der Waals surface area contributed by atoms with Crippen LogP contribution in [0.4, 0.5) is 10.5 Å². The summed E-state index contributed by atoms with van der Waals surface area (Å²) in [6.45, 7) is 1.94. The number of carbonyl (C=O) groups is 2. The number of nitrogens with one attached hydrogen (secondary N) is 2. The number of amides is 2. The molecule has 8 nitrogen and oxygen atoms in total. The minimum absolute atomic E-state index is 0.164. The molecule has 0 saturated heterocycles. The van der Waals surface area contributed by atoms with Crippen LogP contribution in [-0.2, 0) is 11.3 Å². The number of rotatable bonds is 6. The minimum atomic E-state index is -0.530. The minimum Gasteiger partial charge on any atom is -0.497 e. The Morgan fingerprint density at radius 1 is 1.07 bits per heavy atom. The van der Waals surface area contributed by atoms with Crippen LogP contribution >= 0.6 is 0 Å². The molecular weight excluding hydrogens is 374 g/mol. The molecule has 0 aliphatic rings. The van der Waals surface area contributed by atoms with Gasteiger partial charge in [0, 0.05) is 5.56 Å². The summed E-state index contributed by atoms with van der Waals surface area (Å²) in [5, 5.41) is 5.35. The van der Waals surface area contributed by atoms with E-state index < -0.39 is 12.0 Å². The third-order valence-electron chi connectivity index (χ3n) is 4.23. The Balaban J connectivity index is 1.65. The third-order valence-corrected chi connectivity index (χ3v) is 4.23. The van der Waals surface area contributed by atoms with Gasteiger partial charge in [0.1, 0.15) is 17.2 Å². The predicted molar refractivity (Wildman–Crippen MR) is 107 cm³/mol. The molecule has 0 aliphatic heterocycles. The number of benzene rings is 2. The summed E-state index contributed by atoms with van der Waals surface area (Å²) in [6.07, 6.45) is 0. The van der Waals surface area contributed by atoms with Crippen LogP contribution in [0.1, 0.15) is 21.8 Å². The lowest BCUT2D eigenvalue weighted by molar-refractivity contribution is 0.0602. The van der Waals surface area contributed by atoms with Gasteiger partial charge in [0.2, 0.25) is 5.89 Å². The Hall–Kier alpha value is -3.81. The van der Waals surface area contributed by atoms with E-state index in [1.807, 2.05) is 24.3 Å². The monoisotopic (exact) mass is 395 g/mol. The first-order valence-corrected chi connectivity index (χ1v) is 8.84. The molecule has 0 atom stereocenters. The van der Waals surface area contributed by atoms with Crippen LogP contribution in [0, 0.1) is 6.92 Å². The maximum absolute atomic E-state index is 12.3. The van der Waals surface area contributed by atoms with Gasteiger partial charge in [0.25, 0.3) is 0 Å². The van der Waals surface area contributed by atoms with Gasteiger partial charge in [0.15, 0.2) is 0 Å². The molecule has 0 aliphatic carbocycles. The number of esters is 1. The fourth-order valence-corrected chi connectivity index (χ4v) is 2.66. The second-order valence-corrected chi connectivity index (χ2v) is 6.10. The number of nitrogens with zero attached hydrogens (tertiary/aromatic N) is 1. The van der Waals surface area contributed by atoms with E-state index in [0.29, 0.717) is 23.0 Å². The van der Waals surface area contributed by atoms with Crippen molar-refractivity contribution in [1.29, 1.82) is 0 Å². The average molecular weight is 395 g/mol. The molecule has 0 unspecified atom stereocenters. The lowest BCUT2D eigenvalue weighted by atomic mass is 10.2. The van der Waals surface area contributed by atoms with Gasteiger partial charge >= 0.3 is 12.0 Å². The molecule has 2 N–H and O–H groups in total. The van der Waals surface area contributed by atoms with Crippen LogP contribution in [-0.4, -0.2) is 31.2 Å². The van der Waals surface area contributed by atoms with Crippen molar-refractivity contribution >= 4 is 17.7 Å². The molecule has 1 heterocycles. The highest BCUT2D eigenvalue weighted by Crippen LogP contribution is 2.24. The molecule has 0 fully saturated rings. The number of ether oxygens (including phenoxy) is 2. The molecule has 0 saturated carbocycles. The summed E-state index contributed by atoms with van der Waals surface area (Å²) in [5.41, 5.74) is 2.03. The number of methoxy groups -OCH3 is 2. The topological polar surface area (TPSA) is 103 Å². The van der Waals surface area contributed by atoms with Crippen molar-refractivity contribution in [2.24, 2.45) is 0 Å². The maximum atomic E-state index is 12.3. The fourth-order valence-electron chi connectivity index (χ4n) is 2.66. The van der Waals surface area contributed by atoms with Gasteiger partial charge < -0.3 is 24.5 Å². The molecular formula is C21H21N3O5. The molecule has 2 aromatic carbocycles. The van der Waals surface area contributed by atoms with E-state index in [1.165, 1.54) is 7.11 Å². The number of anilines is 1. The molecule has 150 valence electrons. The van der Waals surface area contributed by atoms with Gasteiger partial charge in [-0.25, -0.2) is 14.6 Å². The van der Waals surface area contributed by atoms with Crippen molar-refractivity contribution < 1.29 is 23.5 Å². The van der Waals surface area contributed by atoms with Crippen molar-refractivity contribution in [1.82, 2.24) is 10.3 Å². The number of hydrogen-bond donors (Lipinski definition) is 2. The standard InChI is InChI=1S/C21H21N3O5/c1-13-18(23-19(29-13)14-8-10-15(27-2)11-9-14)12-22-21(26)24-17-7-5-4-6-16(17)20(25)28-3/h4-11H,12H2,1-3H3,(H2,22,24,26). The number of carbonyl (C=O) groups excluding carboxylic acids is 2. The van der Waals surface area contributed by atoms with Crippen molar-refractivity contribution in [2.45, 2.75) is 13.5 Å². The summed E-state index contributed by atoms with van der Waals surface area (Å²) in [6, 6.07) is 13.4. The summed E-state index contributed by atoms with van der Waals surface area (Å²) >= 11 is 0. The van der Waals surface area contributed by atoms with E-state index in [9.17, 15) is 9.59 Å². The highest BCUT2D eigenvalue weighted by Gasteiger charge is 2.15. The van der Waals surface area contributed by atoms with Crippen LogP contribution in [0.2, 0.25) is 0 Å². The Labute approximate surface area is 167 Å². The zero-order valence-electron chi connectivity index (χ0n) is 16.3. The highest BCUT2D eigenvalue weighted by atomic mass is 16.5. The largest absolute Gasteiger partial charge is 0.497 e.